The van der Waals surface area contributed by atoms with Gasteiger partial charge in [-0.1, -0.05) is 42.5 Å². The zero-order valence-corrected chi connectivity index (χ0v) is 20.8. The summed E-state index contributed by atoms with van der Waals surface area (Å²) in [6, 6.07) is 19.8. The molecule has 0 bridgehead atoms. The number of hydrogen-bond acceptors (Lipinski definition) is 7. The number of nitrogens with zero attached hydrogens (tertiary/aromatic N) is 5. The standard InChI is InChI=1S/C27H23N7O2S/c1-19-8-5-6-11-22(19)27-32-24-18-31-26-23(25(24)34(27)20(16-29)17-30-14-7-13-28)12-15-33(26)37(35,36)21-9-3-2-4-10-21/h2-6,8-12,15-18,29-30H,7,14H2,1H3/b20-17+,29-16?. The van der Waals surface area contributed by atoms with Crippen LogP contribution in [-0.2, 0) is 10.0 Å². The van der Waals surface area contributed by atoms with Crippen LogP contribution in [0.2, 0.25) is 0 Å². The van der Waals surface area contributed by atoms with E-state index in [2.05, 4.69) is 16.4 Å². The molecule has 184 valence electrons. The van der Waals surface area contributed by atoms with E-state index < -0.39 is 10.0 Å². The Morgan fingerprint density at radius 2 is 1.89 bits per heavy atom. The maximum absolute atomic E-state index is 13.4. The van der Waals surface area contributed by atoms with Gasteiger partial charge in [-0.3, -0.25) is 4.57 Å². The lowest BCUT2D eigenvalue weighted by Gasteiger charge is -2.13. The summed E-state index contributed by atoms with van der Waals surface area (Å²) < 4.78 is 29.8. The summed E-state index contributed by atoms with van der Waals surface area (Å²) in [6.45, 7) is 2.40. The predicted octanol–water partition coefficient (Wildman–Crippen LogP) is 4.55. The van der Waals surface area contributed by atoms with E-state index in [0.29, 0.717) is 40.9 Å². The second kappa shape index (κ2) is 9.72. The molecule has 10 heteroatoms. The van der Waals surface area contributed by atoms with Crippen LogP contribution in [0.4, 0.5) is 0 Å². The monoisotopic (exact) mass is 509 g/mol. The van der Waals surface area contributed by atoms with Crippen molar-refractivity contribution in [3.63, 3.8) is 0 Å². The summed E-state index contributed by atoms with van der Waals surface area (Å²) in [5, 5.41) is 20.7. The fraction of sp³-hybridized carbons (Fsp3) is 0.111. The number of aromatic nitrogens is 4. The predicted molar refractivity (Wildman–Crippen MR) is 144 cm³/mol. The van der Waals surface area contributed by atoms with Crippen LogP contribution in [0.5, 0.6) is 0 Å². The van der Waals surface area contributed by atoms with Crippen molar-refractivity contribution in [1.82, 2.24) is 23.8 Å². The van der Waals surface area contributed by atoms with Gasteiger partial charge in [0.2, 0.25) is 0 Å². The summed E-state index contributed by atoms with van der Waals surface area (Å²) in [5.74, 6) is 0.595. The van der Waals surface area contributed by atoms with Gasteiger partial charge >= 0.3 is 0 Å². The van der Waals surface area contributed by atoms with Crippen molar-refractivity contribution in [3.8, 4) is 17.5 Å². The molecule has 9 nitrogen and oxygen atoms in total. The second-order valence-corrected chi connectivity index (χ2v) is 10.1. The third-order valence-corrected chi connectivity index (χ3v) is 7.70. The molecule has 0 spiro atoms. The maximum atomic E-state index is 13.4. The number of fused-ring (bicyclic) bond motifs is 3. The number of nitrogens with one attached hydrogen (secondary N) is 2. The third kappa shape index (κ3) is 4.15. The van der Waals surface area contributed by atoms with Crippen LogP contribution in [0.3, 0.4) is 0 Å². The smallest absolute Gasteiger partial charge is 0.269 e. The van der Waals surface area contributed by atoms with Crippen molar-refractivity contribution < 1.29 is 8.42 Å². The highest BCUT2D eigenvalue weighted by atomic mass is 32.2. The lowest BCUT2D eigenvalue weighted by atomic mass is 10.1. The molecule has 0 atom stereocenters. The molecule has 3 aromatic heterocycles. The molecule has 0 radical (unpaired) electrons. The molecular formula is C27H23N7O2S. The van der Waals surface area contributed by atoms with E-state index in [9.17, 15) is 8.42 Å². The minimum absolute atomic E-state index is 0.158. The quantitative estimate of drug-likeness (QED) is 0.233. The first-order valence-corrected chi connectivity index (χ1v) is 13.0. The van der Waals surface area contributed by atoms with Crippen LogP contribution >= 0.6 is 0 Å². The maximum Gasteiger partial charge on any atom is 0.269 e. The van der Waals surface area contributed by atoms with Crippen molar-refractivity contribution in [2.24, 2.45) is 0 Å². The molecular weight excluding hydrogens is 486 g/mol. The number of benzene rings is 2. The number of hydrogen-bond donors (Lipinski definition) is 2. The molecule has 0 unspecified atom stereocenters. The summed E-state index contributed by atoms with van der Waals surface area (Å²) in [4.78, 5) is 9.49. The van der Waals surface area contributed by atoms with E-state index in [0.717, 1.165) is 11.1 Å². The Morgan fingerprint density at radius 1 is 1.14 bits per heavy atom. The van der Waals surface area contributed by atoms with Gasteiger partial charge in [0.15, 0.2) is 5.65 Å². The number of imidazole rings is 1. The van der Waals surface area contributed by atoms with Crippen LogP contribution in [0.25, 0.3) is 39.2 Å². The van der Waals surface area contributed by atoms with E-state index in [4.69, 9.17) is 15.7 Å². The molecule has 2 aromatic carbocycles. The Labute approximate surface area is 213 Å². The Hall–Kier alpha value is -4.75. The van der Waals surface area contributed by atoms with Crippen LogP contribution in [-0.4, -0.2) is 39.7 Å². The molecule has 37 heavy (non-hydrogen) atoms. The number of aryl methyl sites for hydroxylation is 1. The molecule has 2 N–H and O–H groups in total. The second-order valence-electron chi connectivity index (χ2n) is 8.32. The van der Waals surface area contributed by atoms with Gasteiger partial charge in [0.25, 0.3) is 10.0 Å². The number of nitriles is 1. The number of rotatable bonds is 8. The molecule has 5 aromatic rings. The summed E-state index contributed by atoms with van der Waals surface area (Å²) in [5.41, 5.74) is 3.79. The average Bonchev–Trinajstić information content (AvgIpc) is 3.52. The number of pyridine rings is 1. The van der Waals surface area contributed by atoms with Gasteiger partial charge in [-0.2, -0.15) is 5.26 Å². The fourth-order valence-corrected chi connectivity index (χ4v) is 5.58. The average molecular weight is 510 g/mol. The van der Waals surface area contributed by atoms with E-state index in [1.54, 1.807) is 48.8 Å². The fourth-order valence-electron chi connectivity index (χ4n) is 4.26. The van der Waals surface area contributed by atoms with Crippen molar-refractivity contribution in [2.45, 2.75) is 18.2 Å². The van der Waals surface area contributed by atoms with Crippen LogP contribution in [0.1, 0.15) is 12.0 Å². The van der Waals surface area contributed by atoms with Crippen molar-refractivity contribution in [1.29, 1.82) is 10.7 Å². The van der Waals surface area contributed by atoms with Crippen molar-refractivity contribution in [2.75, 3.05) is 6.54 Å². The molecule has 0 saturated carbocycles. The topological polar surface area (TPSA) is 129 Å². The highest BCUT2D eigenvalue weighted by Crippen LogP contribution is 2.34. The van der Waals surface area contributed by atoms with Gasteiger partial charge in [-0.05, 0) is 30.7 Å². The summed E-state index contributed by atoms with van der Waals surface area (Å²) in [7, 11) is -3.88. The summed E-state index contributed by atoms with van der Waals surface area (Å²) >= 11 is 0. The van der Waals surface area contributed by atoms with E-state index in [-0.39, 0.29) is 10.5 Å². The van der Waals surface area contributed by atoms with Crippen molar-refractivity contribution in [3.05, 3.63) is 84.8 Å². The Morgan fingerprint density at radius 3 is 2.62 bits per heavy atom. The zero-order chi connectivity index (χ0) is 26.0. The first-order chi connectivity index (χ1) is 18.0. The largest absolute Gasteiger partial charge is 0.388 e. The Bertz CT molecular complexity index is 1810. The van der Waals surface area contributed by atoms with Crippen LogP contribution in [0, 0.1) is 23.7 Å². The minimum Gasteiger partial charge on any atom is -0.388 e. The SMILES string of the molecule is Cc1ccccc1-c1nc2cnc3c(ccn3S(=O)(=O)c3ccccc3)c2n1/C(C=N)=C/NCCC#N. The number of allylic oxidation sites excluding steroid dienone is 1. The first-order valence-electron chi connectivity index (χ1n) is 11.5. The molecule has 0 amide bonds. The van der Waals surface area contributed by atoms with Crippen LogP contribution < -0.4 is 5.32 Å². The molecule has 0 saturated heterocycles. The molecule has 0 fully saturated rings. The highest BCUT2D eigenvalue weighted by molar-refractivity contribution is 7.90. The Kier molecular flexibility index (Phi) is 6.29. The van der Waals surface area contributed by atoms with Gasteiger partial charge in [0, 0.05) is 36.1 Å². The molecule has 0 aliphatic carbocycles. The molecule has 0 aliphatic heterocycles. The van der Waals surface area contributed by atoms with Gasteiger partial charge in [-0.25, -0.2) is 22.4 Å². The highest BCUT2D eigenvalue weighted by Gasteiger charge is 2.24. The van der Waals surface area contributed by atoms with Crippen LogP contribution in [0.15, 0.2) is 84.2 Å². The van der Waals surface area contributed by atoms with Gasteiger partial charge in [0.1, 0.15) is 11.3 Å². The molecule has 0 aliphatic rings. The van der Waals surface area contributed by atoms with Gasteiger partial charge in [0.05, 0.1) is 34.8 Å². The van der Waals surface area contributed by atoms with E-state index in [1.165, 1.54) is 16.4 Å². The minimum atomic E-state index is -3.88. The van der Waals surface area contributed by atoms with Gasteiger partial charge < -0.3 is 10.7 Å². The third-order valence-electron chi connectivity index (χ3n) is 6.02. The lowest BCUT2D eigenvalue weighted by molar-refractivity contribution is 0.589. The molecule has 5 rings (SSSR count). The first kappa shape index (κ1) is 24.0. The lowest BCUT2D eigenvalue weighted by Crippen LogP contribution is -2.12. The van der Waals surface area contributed by atoms with E-state index in [1.807, 2.05) is 35.8 Å². The normalized spacial score (nSPS) is 12.1. The summed E-state index contributed by atoms with van der Waals surface area (Å²) in [6.07, 6.45) is 6.22. The molecule has 3 heterocycles. The van der Waals surface area contributed by atoms with Crippen molar-refractivity contribution >= 4 is 44.0 Å². The van der Waals surface area contributed by atoms with Gasteiger partial charge in [-0.15, -0.1) is 0 Å². The Balaban J connectivity index is 1.80. The zero-order valence-electron chi connectivity index (χ0n) is 20.0. The van der Waals surface area contributed by atoms with E-state index >= 15 is 0 Å².